The van der Waals surface area contributed by atoms with Gasteiger partial charge >= 0.3 is 0 Å². The molecule has 0 saturated carbocycles. The summed E-state index contributed by atoms with van der Waals surface area (Å²) in [5.74, 6) is 0. The average Bonchev–Trinajstić information content (AvgIpc) is 2.30. The molecule has 0 amide bonds. The number of methoxy groups -OCH3 is 1. The van der Waals surface area contributed by atoms with E-state index in [0.29, 0.717) is 0 Å². The monoisotopic (exact) mass is 164 g/mol. The molecule has 0 aliphatic carbocycles. The molecule has 2 unspecified atom stereocenters. The lowest BCUT2D eigenvalue weighted by molar-refractivity contribution is -0.153. The number of hydrogen-bond donors (Lipinski definition) is 3. The van der Waals surface area contributed by atoms with Crippen LogP contribution in [0.2, 0.25) is 0 Å². The molecule has 0 spiro atoms. The lowest BCUT2D eigenvalue weighted by Gasteiger charge is -2.11. The molecule has 1 aliphatic rings. The van der Waals surface area contributed by atoms with Crippen LogP contribution in [0, 0.1) is 0 Å². The first-order valence-electron chi connectivity index (χ1n) is 3.36. The predicted octanol–water partition coefficient (Wildman–Crippen LogP) is -1.93. The largest absolute Gasteiger partial charge is 0.394 e. The number of hydrogen-bond acceptors (Lipinski definition) is 5. The van der Waals surface area contributed by atoms with E-state index in [1.54, 1.807) is 0 Å². The minimum Gasteiger partial charge on any atom is -0.394 e. The Labute approximate surface area is 64.2 Å². The Bertz CT molecular complexity index is 110. The highest BCUT2D eigenvalue weighted by Gasteiger charge is 2.42. The second-order valence-corrected chi connectivity index (χ2v) is 2.44. The minimum absolute atomic E-state index is 0.321. The Morgan fingerprint density at radius 3 is 2.27 bits per heavy atom. The summed E-state index contributed by atoms with van der Waals surface area (Å²) < 4.78 is 9.59. The summed E-state index contributed by atoms with van der Waals surface area (Å²) in [4.78, 5) is 0. The van der Waals surface area contributed by atoms with E-state index in [2.05, 4.69) is 4.74 Å². The quantitative estimate of drug-likeness (QED) is 0.443. The van der Waals surface area contributed by atoms with E-state index in [1.165, 1.54) is 7.11 Å². The van der Waals surface area contributed by atoms with Crippen LogP contribution in [-0.2, 0) is 9.47 Å². The van der Waals surface area contributed by atoms with Gasteiger partial charge in [0, 0.05) is 7.11 Å². The molecule has 66 valence electrons. The van der Waals surface area contributed by atoms with Crippen LogP contribution in [0.4, 0.5) is 0 Å². The van der Waals surface area contributed by atoms with E-state index in [0.717, 1.165) is 0 Å². The highest BCUT2D eigenvalue weighted by Crippen LogP contribution is 2.20. The highest BCUT2D eigenvalue weighted by molar-refractivity contribution is 4.85. The molecular weight excluding hydrogens is 152 g/mol. The third kappa shape index (κ3) is 1.52. The normalized spacial score (nSPS) is 44.7. The van der Waals surface area contributed by atoms with Crippen LogP contribution in [0.25, 0.3) is 0 Å². The van der Waals surface area contributed by atoms with Crippen molar-refractivity contribution in [2.75, 3.05) is 13.7 Å². The fourth-order valence-electron chi connectivity index (χ4n) is 1.06. The number of rotatable bonds is 2. The SMILES string of the molecule is COC1O[C@@H](CO)[C@H](O)C1O. The van der Waals surface area contributed by atoms with Gasteiger partial charge in [0.25, 0.3) is 0 Å². The van der Waals surface area contributed by atoms with Gasteiger partial charge in [-0.05, 0) is 0 Å². The second-order valence-electron chi connectivity index (χ2n) is 2.44. The summed E-state index contributed by atoms with van der Waals surface area (Å²) in [5.41, 5.74) is 0. The van der Waals surface area contributed by atoms with E-state index < -0.39 is 24.6 Å². The zero-order chi connectivity index (χ0) is 8.43. The van der Waals surface area contributed by atoms with Gasteiger partial charge in [0.1, 0.15) is 18.3 Å². The van der Waals surface area contributed by atoms with E-state index in [1.807, 2.05) is 0 Å². The maximum atomic E-state index is 9.15. The van der Waals surface area contributed by atoms with Crippen molar-refractivity contribution in [3.8, 4) is 0 Å². The van der Waals surface area contributed by atoms with Crippen molar-refractivity contribution in [3.63, 3.8) is 0 Å². The highest BCUT2D eigenvalue weighted by atomic mass is 16.7. The van der Waals surface area contributed by atoms with Crippen molar-refractivity contribution in [1.29, 1.82) is 0 Å². The van der Waals surface area contributed by atoms with Crippen LogP contribution in [0.5, 0.6) is 0 Å². The fraction of sp³-hybridized carbons (Fsp3) is 1.00. The van der Waals surface area contributed by atoms with Crippen molar-refractivity contribution < 1.29 is 24.8 Å². The summed E-state index contributed by atoms with van der Waals surface area (Å²) in [6.07, 6.45) is -3.71. The minimum atomic E-state index is -1.07. The van der Waals surface area contributed by atoms with Crippen molar-refractivity contribution >= 4 is 0 Å². The molecule has 1 saturated heterocycles. The zero-order valence-electron chi connectivity index (χ0n) is 6.17. The maximum Gasteiger partial charge on any atom is 0.186 e. The Morgan fingerprint density at radius 2 is 2.00 bits per heavy atom. The molecular formula is C6H12O5. The van der Waals surface area contributed by atoms with E-state index >= 15 is 0 Å². The van der Waals surface area contributed by atoms with Gasteiger partial charge in [-0.1, -0.05) is 0 Å². The summed E-state index contributed by atoms with van der Waals surface area (Å²) in [7, 11) is 1.36. The molecule has 5 heteroatoms. The van der Waals surface area contributed by atoms with Crippen molar-refractivity contribution in [1.82, 2.24) is 0 Å². The van der Waals surface area contributed by atoms with Crippen LogP contribution < -0.4 is 0 Å². The van der Waals surface area contributed by atoms with Crippen LogP contribution in [0.1, 0.15) is 0 Å². The molecule has 4 atom stereocenters. The van der Waals surface area contributed by atoms with Crippen LogP contribution in [-0.4, -0.2) is 53.6 Å². The zero-order valence-corrected chi connectivity index (χ0v) is 6.17. The average molecular weight is 164 g/mol. The molecule has 0 aromatic carbocycles. The molecule has 0 aromatic heterocycles. The first-order valence-corrected chi connectivity index (χ1v) is 3.36. The molecule has 1 rings (SSSR count). The number of aliphatic hydroxyl groups excluding tert-OH is 3. The molecule has 3 N–H and O–H groups in total. The molecule has 0 bridgehead atoms. The van der Waals surface area contributed by atoms with Crippen LogP contribution in [0.3, 0.4) is 0 Å². The Morgan fingerprint density at radius 1 is 1.36 bits per heavy atom. The topological polar surface area (TPSA) is 79.2 Å². The van der Waals surface area contributed by atoms with Gasteiger partial charge in [-0.3, -0.25) is 0 Å². The van der Waals surface area contributed by atoms with Gasteiger partial charge in [-0.2, -0.15) is 0 Å². The summed E-state index contributed by atoms with van der Waals surface area (Å²) in [6.45, 7) is -0.321. The molecule has 0 radical (unpaired) electrons. The van der Waals surface area contributed by atoms with Gasteiger partial charge in [0.05, 0.1) is 6.61 Å². The molecule has 1 heterocycles. The van der Waals surface area contributed by atoms with E-state index in [4.69, 9.17) is 20.1 Å². The molecule has 1 fully saturated rings. The van der Waals surface area contributed by atoms with Gasteiger partial charge in [0.15, 0.2) is 6.29 Å². The lowest BCUT2D eigenvalue weighted by atomic mass is 10.1. The predicted molar refractivity (Wildman–Crippen MR) is 34.8 cm³/mol. The van der Waals surface area contributed by atoms with Gasteiger partial charge in [-0.15, -0.1) is 0 Å². The molecule has 0 aromatic rings. The number of aliphatic hydroxyl groups is 3. The summed E-state index contributed by atoms with van der Waals surface area (Å²) >= 11 is 0. The third-order valence-electron chi connectivity index (χ3n) is 1.73. The van der Waals surface area contributed by atoms with Crippen LogP contribution >= 0.6 is 0 Å². The molecule has 11 heavy (non-hydrogen) atoms. The third-order valence-corrected chi connectivity index (χ3v) is 1.73. The maximum absolute atomic E-state index is 9.15. The number of ether oxygens (including phenoxy) is 2. The van der Waals surface area contributed by atoms with Crippen LogP contribution in [0.15, 0.2) is 0 Å². The first-order chi connectivity index (χ1) is 5.20. The second kappa shape index (κ2) is 3.46. The Hall–Kier alpha value is -0.200. The summed E-state index contributed by atoms with van der Waals surface area (Å²) in [6, 6.07) is 0. The van der Waals surface area contributed by atoms with Gasteiger partial charge in [-0.25, -0.2) is 0 Å². The smallest absolute Gasteiger partial charge is 0.186 e. The van der Waals surface area contributed by atoms with Gasteiger partial charge < -0.3 is 24.8 Å². The first kappa shape index (κ1) is 8.89. The van der Waals surface area contributed by atoms with Crippen molar-refractivity contribution in [2.24, 2.45) is 0 Å². The van der Waals surface area contributed by atoms with Crippen molar-refractivity contribution in [2.45, 2.75) is 24.6 Å². The van der Waals surface area contributed by atoms with Crippen molar-refractivity contribution in [3.05, 3.63) is 0 Å². The van der Waals surface area contributed by atoms with Gasteiger partial charge in [0.2, 0.25) is 0 Å². The Kier molecular flexibility index (Phi) is 2.80. The van der Waals surface area contributed by atoms with E-state index in [9.17, 15) is 0 Å². The molecule has 1 aliphatic heterocycles. The lowest BCUT2D eigenvalue weighted by Crippen LogP contribution is -2.34. The van der Waals surface area contributed by atoms with E-state index in [-0.39, 0.29) is 6.61 Å². The molecule has 5 nitrogen and oxygen atoms in total. The summed E-state index contributed by atoms with van der Waals surface area (Å²) in [5, 5.41) is 26.9. The Balaban J connectivity index is 2.53. The fourth-order valence-corrected chi connectivity index (χ4v) is 1.06. The standard InChI is InChI=1S/C6H12O5/c1-10-6-5(9)4(8)3(2-7)11-6/h3-9H,2H2,1H3/t3-,4-,5?,6?/m0/s1.